The van der Waals surface area contributed by atoms with Gasteiger partial charge in [0.15, 0.2) is 6.10 Å². The van der Waals surface area contributed by atoms with Crippen LogP contribution >= 0.6 is 0 Å². The van der Waals surface area contributed by atoms with Crippen LogP contribution in [0.2, 0.25) is 0 Å². The Bertz CT molecular complexity index is 1250. The first-order valence-corrected chi connectivity index (χ1v) is 29.8. The molecule has 0 saturated heterocycles. The molecule has 0 bridgehead atoms. The molecule has 0 aromatic carbocycles. The molecule has 0 fully saturated rings. The minimum absolute atomic E-state index is 0.0833. The minimum atomic E-state index is -0.785. The first-order valence-electron chi connectivity index (χ1n) is 29.8. The molecule has 6 nitrogen and oxygen atoms in total. The summed E-state index contributed by atoms with van der Waals surface area (Å²) in [7, 11) is 0. The van der Waals surface area contributed by atoms with Gasteiger partial charge >= 0.3 is 17.9 Å². The fraction of sp³-hybridized carbons (Fsp3) is 0.794. The van der Waals surface area contributed by atoms with E-state index in [1.807, 2.05) is 0 Å². The second-order valence-corrected chi connectivity index (χ2v) is 19.9. The zero-order valence-corrected chi connectivity index (χ0v) is 45.8. The Morgan fingerprint density at radius 2 is 0.522 bits per heavy atom. The van der Waals surface area contributed by atoms with Gasteiger partial charge in [0, 0.05) is 19.3 Å². The second kappa shape index (κ2) is 57.7. The molecule has 0 aliphatic heterocycles. The van der Waals surface area contributed by atoms with E-state index in [9.17, 15) is 14.4 Å². The van der Waals surface area contributed by atoms with Crippen LogP contribution in [0.1, 0.15) is 303 Å². The summed E-state index contributed by atoms with van der Waals surface area (Å²) in [5.41, 5.74) is 0. The highest BCUT2D eigenvalue weighted by atomic mass is 16.6. The van der Waals surface area contributed by atoms with Crippen molar-refractivity contribution in [3.05, 3.63) is 60.8 Å². The zero-order chi connectivity index (χ0) is 50.0. The molecule has 0 unspecified atom stereocenters. The molecule has 0 amide bonds. The SMILES string of the molecule is CCCCC/C=C\C/C=C\C/C=C\CCCCCCC(=O)OC[C@H](COC(=O)CCCCCCCCC/C=C\C/C=C\CCCCC)OC(=O)CCCCCCCCCCCCCCCCCCC. The summed E-state index contributed by atoms with van der Waals surface area (Å²) in [6, 6.07) is 0. The van der Waals surface area contributed by atoms with Gasteiger partial charge in [0.1, 0.15) is 13.2 Å². The van der Waals surface area contributed by atoms with Crippen molar-refractivity contribution in [1.82, 2.24) is 0 Å². The van der Waals surface area contributed by atoms with Crippen molar-refractivity contribution in [1.29, 1.82) is 0 Å². The van der Waals surface area contributed by atoms with E-state index in [1.54, 1.807) is 0 Å². The summed E-state index contributed by atoms with van der Waals surface area (Å²) in [6.07, 6.45) is 72.0. The summed E-state index contributed by atoms with van der Waals surface area (Å²) < 4.78 is 16.9. The Kier molecular flexibility index (Phi) is 55.3. The maximum absolute atomic E-state index is 12.9. The van der Waals surface area contributed by atoms with Crippen LogP contribution in [0.25, 0.3) is 0 Å². The minimum Gasteiger partial charge on any atom is -0.462 e. The van der Waals surface area contributed by atoms with Crippen molar-refractivity contribution < 1.29 is 28.6 Å². The third-order valence-electron chi connectivity index (χ3n) is 13.0. The first-order chi connectivity index (χ1) is 34.0. The lowest BCUT2D eigenvalue weighted by atomic mass is 10.0. The lowest BCUT2D eigenvalue weighted by Gasteiger charge is -2.18. The molecule has 0 rings (SSSR count). The van der Waals surface area contributed by atoms with E-state index in [2.05, 4.69) is 81.5 Å². The van der Waals surface area contributed by atoms with E-state index in [4.69, 9.17) is 14.2 Å². The highest BCUT2D eigenvalue weighted by Gasteiger charge is 2.19. The quantitative estimate of drug-likeness (QED) is 0.0262. The Morgan fingerprint density at radius 3 is 0.841 bits per heavy atom. The predicted octanol–water partition coefficient (Wildman–Crippen LogP) is 20.0. The van der Waals surface area contributed by atoms with E-state index >= 15 is 0 Å². The van der Waals surface area contributed by atoms with Crippen LogP contribution in [0, 0.1) is 0 Å². The van der Waals surface area contributed by atoms with Crippen LogP contribution in [0.4, 0.5) is 0 Å². The lowest BCUT2D eigenvalue weighted by Crippen LogP contribution is -2.30. The van der Waals surface area contributed by atoms with Gasteiger partial charge in [-0.05, 0) is 89.9 Å². The van der Waals surface area contributed by atoms with Gasteiger partial charge in [-0.3, -0.25) is 14.4 Å². The molecule has 0 heterocycles. The fourth-order valence-electron chi connectivity index (χ4n) is 8.48. The van der Waals surface area contributed by atoms with E-state index in [0.717, 1.165) is 96.3 Å². The van der Waals surface area contributed by atoms with Gasteiger partial charge in [-0.25, -0.2) is 0 Å². The summed E-state index contributed by atoms with van der Waals surface area (Å²) in [5, 5.41) is 0. The van der Waals surface area contributed by atoms with Crippen LogP contribution in [0.15, 0.2) is 60.8 Å². The average molecular weight is 966 g/mol. The van der Waals surface area contributed by atoms with Crippen LogP contribution in [-0.4, -0.2) is 37.2 Å². The summed E-state index contributed by atoms with van der Waals surface area (Å²) in [5.74, 6) is -0.898. The maximum Gasteiger partial charge on any atom is 0.306 e. The van der Waals surface area contributed by atoms with Crippen molar-refractivity contribution in [3.63, 3.8) is 0 Å². The average Bonchev–Trinajstić information content (AvgIpc) is 3.35. The molecule has 0 aliphatic carbocycles. The van der Waals surface area contributed by atoms with Crippen LogP contribution in [0.3, 0.4) is 0 Å². The fourth-order valence-corrected chi connectivity index (χ4v) is 8.48. The molecule has 0 aromatic heterocycles. The number of carbonyl (C=O) groups is 3. The summed E-state index contributed by atoms with van der Waals surface area (Å²) in [4.78, 5) is 38.2. The number of hydrogen-bond donors (Lipinski definition) is 0. The number of rotatable bonds is 54. The molecule has 0 saturated carbocycles. The molecule has 0 N–H and O–H groups in total. The Hall–Kier alpha value is -2.89. The lowest BCUT2D eigenvalue weighted by molar-refractivity contribution is -0.167. The monoisotopic (exact) mass is 965 g/mol. The molecule has 6 heteroatoms. The van der Waals surface area contributed by atoms with Gasteiger partial charge in [-0.2, -0.15) is 0 Å². The molecule has 1 atom stereocenters. The van der Waals surface area contributed by atoms with Crippen LogP contribution in [0.5, 0.6) is 0 Å². The smallest absolute Gasteiger partial charge is 0.306 e. The van der Waals surface area contributed by atoms with E-state index in [1.165, 1.54) is 167 Å². The molecular formula is C63H112O6. The highest BCUT2D eigenvalue weighted by Crippen LogP contribution is 2.16. The number of carbonyl (C=O) groups excluding carboxylic acids is 3. The molecule has 0 spiro atoms. The van der Waals surface area contributed by atoms with Gasteiger partial charge in [-0.15, -0.1) is 0 Å². The van der Waals surface area contributed by atoms with Gasteiger partial charge < -0.3 is 14.2 Å². The Labute approximate surface area is 428 Å². The summed E-state index contributed by atoms with van der Waals surface area (Å²) >= 11 is 0. The van der Waals surface area contributed by atoms with Crippen LogP contribution in [-0.2, 0) is 28.6 Å². The number of esters is 3. The van der Waals surface area contributed by atoms with E-state index in [-0.39, 0.29) is 31.1 Å². The highest BCUT2D eigenvalue weighted by molar-refractivity contribution is 5.71. The third kappa shape index (κ3) is 55.9. The maximum atomic E-state index is 12.9. The Balaban J connectivity index is 4.41. The number of unbranched alkanes of at least 4 members (excludes halogenated alkanes) is 33. The van der Waals surface area contributed by atoms with Crippen LogP contribution < -0.4 is 0 Å². The van der Waals surface area contributed by atoms with E-state index < -0.39 is 6.10 Å². The van der Waals surface area contributed by atoms with Gasteiger partial charge in [0.2, 0.25) is 0 Å². The van der Waals surface area contributed by atoms with Gasteiger partial charge in [0.25, 0.3) is 0 Å². The summed E-state index contributed by atoms with van der Waals surface area (Å²) in [6.45, 7) is 6.60. The van der Waals surface area contributed by atoms with Crippen molar-refractivity contribution in [2.24, 2.45) is 0 Å². The van der Waals surface area contributed by atoms with Crippen molar-refractivity contribution in [2.45, 2.75) is 309 Å². The molecule has 0 radical (unpaired) electrons. The topological polar surface area (TPSA) is 78.9 Å². The second-order valence-electron chi connectivity index (χ2n) is 19.9. The van der Waals surface area contributed by atoms with Gasteiger partial charge in [0.05, 0.1) is 0 Å². The third-order valence-corrected chi connectivity index (χ3v) is 13.0. The molecule has 0 aliphatic rings. The van der Waals surface area contributed by atoms with Crippen molar-refractivity contribution in [3.8, 4) is 0 Å². The number of hydrogen-bond acceptors (Lipinski definition) is 6. The first kappa shape index (κ1) is 66.1. The number of ether oxygens (including phenoxy) is 3. The molecular weight excluding hydrogens is 853 g/mol. The standard InChI is InChI=1S/C63H112O6/c1-4-7-10-13-16-19-22-25-28-31-34-37-40-43-46-49-52-55-61(64)67-58-60(69-63(66)57-54-51-48-45-42-39-36-33-30-27-24-21-18-15-12-9-6-3)59-68-62(65)56-53-50-47-44-41-38-35-32-29-26-23-20-17-14-11-8-5-2/h16-17,19-20,25-26,28-29,34,37,60H,4-15,18,21-24,27,30-33,35-36,38-59H2,1-3H3/b19-16-,20-17-,28-25-,29-26-,37-34-/t60-/m1/s1. The normalized spacial score (nSPS) is 12.4. The molecule has 0 aromatic rings. The van der Waals surface area contributed by atoms with Crippen molar-refractivity contribution >= 4 is 17.9 Å². The van der Waals surface area contributed by atoms with Crippen molar-refractivity contribution in [2.75, 3.05) is 13.2 Å². The zero-order valence-electron chi connectivity index (χ0n) is 45.8. The largest absolute Gasteiger partial charge is 0.462 e. The number of allylic oxidation sites excluding steroid dienone is 10. The Morgan fingerprint density at radius 1 is 0.290 bits per heavy atom. The predicted molar refractivity (Wildman–Crippen MR) is 298 cm³/mol. The van der Waals surface area contributed by atoms with E-state index in [0.29, 0.717) is 19.3 Å². The van der Waals surface area contributed by atoms with Gasteiger partial charge in [-0.1, -0.05) is 255 Å². The molecule has 69 heavy (non-hydrogen) atoms. The molecule has 400 valence electrons.